The summed E-state index contributed by atoms with van der Waals surface area (Å²) in [6, 6.07) is 4.71. The van der Waals surface area contributed by atoms with Gasteiger partial charge in [-0.1, -0.05) is 18.3 Å². The molecule has 0 saturated heterocycles. The first kappa shape index (κ1) is 17.0. The van der Waals surface area contributed by atoms with E-state index in [1.807, 2.05) is 6.92 Å². The lowest BCUT2D eigenvalue weighted by Crippen LogP contribution is -2.26. The lowest BCUT2D eigenvalue weighted by molar-refractivity contribution is 0.146. The SMILES string of the molecule is CCOCCCNS(=O)(=O)c1ccc(C(N)=S)c(C)c1. The third kappa shape index (κ3) is 4.82. The van der Waals surface area contributed by atoms with Crippen LogP contribution in [0.1, 0.15) is 24.5 Å². The maximum Gasteiger partial charge on any atom is 0.240 e. The molecule has 3 N–H and O–H groups in total. The van der Waals surface area contributed by atoms with Crippen molar-refractivity contribution < 1.29 is 13.2 Å². The third-order valence-corrected chi connectivity index (χ3v) is 4.41. The fraction of sp³-hybridized carbons (Fsp3) is 0.462. The Morgan fingerprint density at radius 1 is 1.45 bits per heavy atom. The summed E-state index contributed by atoms with van der Waals surface area (Å²) >= 11 is 4.90. The molecule has 0 fully saturated rings. The Hall–Kier alpha value is -1.02. The number of sulfonamides is 1. The average Bonchev–Trinajstić information content (AvgIpc) is 2.37. The minimum atomic E-state index is -3.50. The fourth-order valence-corrected chi connectivity index (χ4v) is 3.08. The smallest absolute Gasteiger partial charge is 0.240 e. The van der Waals surface area contributed by atoms with Crippen LogP contribution >= 0.6 is 12.2 Å². The molecule has 0 amide bonds. The van der Waals surface area contributed by atoms with Crippen molar-refractivity contribution in [3.05, 3.63) is 29.3 Å². The maximum absolute atomic E-state index is 12.1. The van der Waals surface area contributed by atoms with Gasteiger partial charge in [-0.25, -0.2) is 13.1 Å². The Kier molecular flexibility index (Phi) is 6.54. The van der Waals surface area contributed by atoms with E-state index in [4.69, 9.17) is 22.7 Å². The van der Waals surface area contributed by atoms with Crippen LogP contribution in [-0.4, -0.2) is 33.2 Å². The van der Waals surface area contributed by atoms with Gasteiger partial charge in [-0.2, -0.15) is 0 Å². The lowest BCUT2D eigenvalue weighted by atomic mass is 10.1. The first-order valence-electron chi connectivity index (χ1n) is 6.36. The molecule has 0 atom stereocenters. The number of hydrogen-bond acceptors (Lipinski definition) is 4. The highest BCUT2D eigenvalue weighted by molar-refractivity contribution is 7.89. The van der Waals surface area contributed by atoms with E-state index in [0.29, 0.717) is 31.7 Å². The number of aryl methyl sites for hydroxylation is 1. The van der Waals surface area contributed by atoms with Crippen molar-refractivity contribution in [3.8, 4) is 0 Å². The normalized spacial score (nSPS) is 11.5. The molecule has 0 aliphatic rings. The molecule has 0 unspecified atom stereocenters. The van der Waals surface area contributed by atoms with Gasteiger partial charge in [0, 0.05) is 25.3 Å². The Balaban J connectivity index is 2.73. The molecule has 0 aliphatic heterocycles. The molecular formula is C13H20N2O3S2. The monoisotopic (exact) mass is 316 g/mol. The molecule has 5 nitrogen and oxygen atoms in total. The molecule has 1 aromatic carbocycles. The van der Waals surface area contributed by atoms with Crippen LogP contribution in [-0.2, 0) is 14.8 Å². The number of rotatable bonds is 8. The van der Waals surface area contributed by atoms with Crippen LogP contribution in [0.2, 0.25) is 0 Å². The van der Waals surface area contributed by atoms with E-state index in [9.17, 15) is 8.42 Å². The van der Waals surface area contributed by atoms with Crippen molar-refractivity contribution in [2.75, 3.05) is 19.8 Å². The summed E-state index contributed by atoms with van der Waals surface area (Å²) in [6.45, 7) is 5.20. The van der Waals surface area contributed by atoms with Crippen LogP contribution in [0.4, 0.5) is 0 Å². The predicted molar refractivity (Wildman–Crippen MR) is 83.4 cm³/mol. The molecule has 7 heteroatoms. The number of thiocarbonyl (C=S) groups is 1. The Morgan fingerprint density at radius 2 is 2.15 bits per heavy atom. The highest BCUT2D eigenvalue weighted by Crippen LogP contribution is 2.15. The summed E-state index contributed by atoms with van der Waals surface area (Å²) in [7, 11) is -3.50. The van der Waals surface area contributed by atoms with Crippen molar-refractivity contribution in [2.24, 2.45) is 5.73 Å². The summed E-state index contributed by atoms with van der Waals surface area (Å²) in [4.78, 5) is 0.475. The summed E-state index contributed by atoms with van der Waals surface area (Å²) in [6.07, 6.45) is 0.636. The van der Waals surface area contributed by atoms with E-state index in [-0.39, 0.29) is 9.88 Å². The molecule has 0 spiro atoms. The van der Waals surface area contributed by atoms with E-state index in [0.717, 1.165) is 5.56 Å². The van der Waals surface area contributed by atoms with Gasteiger partial charge < -0.3 is 10.5 Å². The summed E-state index contributed by atoms with van der Waals surface area (Å²) < 4.78 is 31.9. The molecule has 20 heavy (non-hydrogen) atoms. The van der Waals surface area contributed by atoms with Crippen molar-refractivity contribution in [3.63, 3.8) is 0 Å². The van der Waals surface area contributed by atoms with E-state index < -0.39 is 10.0 Å². The molecular weight excluding hydrogens is 296 g/mol. The molecule has 0 aliphatic carbocycles. The second kappa shape index (κ2) is 7.68. The lowest BCUT2D eigenvalue weighted by Gasteiger charge is -2.09. The van der Waals surface area contributed by atoms with Gasteiger partial charge in [0.05, 0.1) is 4.90 Å². The highest BCUT2D eigenvalue weighted by atomic mass is 32.2. The molecule has 0 heterocycles. The van der Waals surface area contributed by atoms with Gasteiger partial charge in [0.15, 0.2) is 0 Å². The fourth-order valence-electron chi connectivity index (χ4n) is 1.69. The predicted octanol–water partition coefficient (Wildman–Crippen LogP) is 1.33. The minimum absolute atomic E-state index is 0.214. The van der Waals surface area contributed by atoms with Gasteiger partial charge >= 0.3 is 0 Å². The highest BCUT2D eigenvalue weighted by Gasteiger charge is 2.14. The van der Waals surface area contributed by atoms with E-state index in [1.54, 1.807) is 19.1 Å². The van der Waals surface area contributed by atoms with Crippen molar-refractivity contribution in [1.82, 2.24) is 4.72 Å². The van der Waals surface area contributed by atoms with Crippen LogP contribution in [0.15, 0.2) is 23.1 Å². The molecule has 1 aromatic rings. The summed E-state index contributed by atoms with van der Waals surface area (Å²) in [5, 5.41) is 0. The van der Waals surface area contributed by atoms with Gasteiger partial charge in [-0.3, -0.25) is 0 Å². The van der Waals surface area contributed by atoms with Crippen LogP contribution in [0, 0.1) is 6.92 Å². The van der Waals surface area contributed by atoms with Gasteiger partial charge in [-0.15, -0.1) is 0 Å². The number of nitrogens with one attached hydrogen (secondary N) is 1. The molecule has 112 valence electrons. The van der Waals surface area contributed by atoms with Crippen molar-refractivity contribution in [2.45, 2.75) is 25.2 Å². The second-order valence-corrected chi connectivity index (χ2v) is 6.50. The van der Waals surface area contributed by atoms with Gasteiger partial charge in [0.2, 0.25) is 10.0 Å². The second-order valence-electron chi connectivity index (χ2n) is 4.29. The van der Waals surface area contributed by atoms with Crippen molar-refractivity contribution in [1.29, 1.82) is 0 Å². The van der Waals surface area contributed by atoms with Gasteiger partial charge in [0.1, 0.15) is 4.99 Å². The Morgan fingerprint density at radius 3 is 2.70 bits per heavy atom. The first-order chi connectivity index (χ1) is 9.38. The van der Waals surface area contributed by atoms with Crippen molar-refractivity contribution >= 4 is 27.2 Å². The number of nitrogens with two attached hydrogens (primary N) is 1. The largest absolute Gasteiger partial charge is 0.389 e. The first-order valence-corrected chi connectivity index (χ1v) is 8.25. The van der Waals surface area contributed by atoms with E-state index in [1.165, 1.54) is 6.07 Å². The zero-order valence-corrected chi connectivity index (χ0v) is 13.3. The number of hydrogen-bond donors (Lipinski definition) is 2. The topological polar surface area (TPSA) is 81.4 Å². The average molecular weight is 316 g/mol. The zero-order valence-electron chi connectivity index (χ0n) is 11.7. The quantitative estimate of drug-likeness (QED) is 0.559. The van der Waals surface area contributed by atoms with Crippen LogP contribution in [0.3, 0.4) is 0 Å². The Bertz CT molecular complexity index is 571. The van der Waals surface area contributed by atoms with Crippen LogP contribution < -0.4 is 10.5 Å². The molecule has 0 bridgehead atoms. The van der Waals surface area contributed by atoms with Crippen LogP contribution in [0.25, 0.3) is 0 Å². The zero-order chi connectivity index (χ0) is 15.2. The summed E-state index contributed by atoms with van der Waals surface area (Å²) in [5.41, 5.74) is 6.99. The maximum atomic E-state index is 12.1. The molecule has 0 aromatic heterocycles. The molecule has 0 saturated carbocycles. The van der Waals surface area contributed by atoms with Crippen LogP contribution in [0.5, 0.6) is 0 Å². The third-order valence-electron chi connectivity index (χ3n) is 2.74. The van der Waals surface area contributed by atoms with Gasteiger partial charge in [0.25, 0.3) is 0 Å². The van der Waals surface area contributed by atoms with E-state index >= 15 is 0 Å². The van der Waals surface area contributed by atoms with E-state index in [2.05, 4.69) is 4.72 Å². The minimum Gasteiger partial charge on any atom is -0.389 e. The standard InChI is InChI=1S/C13H20N2O3S2/c1-3-18-8-4-7-15-20(16,17)11-5-6-12(13(14)19)10(2)9-11/h5-6,9,15H,3-4,7-8H2,1-2H3,(H2,14,19). The summed E-state index contributed by atoms with van der Waals surface area (Å²) in [5.74, 6) is 0. The molecule has 0 radical (unpaired) electrons. The Labute approximate surface area is 125 Å². The van der Waals surface area contributed by atoms with Gasteiger partial charge in [-0.05, 0) is 38.0 Å². The molecule has 1 rings (SSSR count). The number of benzene rings is 1. The number of ether oxygens (including phenoxy) is 1.